The molecule has 0 fully saturated rings. The summed E-state index contributed by atoms with van der Waals surface area (Å²) in [6.45, 7) is 4.44. The van der Waals surface area contributed by atoms with Gasteiger partial charge in [0.25, 0.3) is 0 Å². The summed E-state index contributed by atoms with van der Waals surface area (Å²) >= 11 is 5.83. The normalized spacial score (nSPS) is 10.6. The summed E-state index contributed by atoms with van der Waals surface area (Å²) in [4.78, 5) is 11.2. The lowest BCUT2D eigenvalue weighted by Crippen LogP contribution is -2.07. The molecule has 0 saturated heterocycles. The van der Waals surface area contributed by atoms with Crippen molar-refractivity contribution in [1.82, 2.24) is 9.78 Å². The maximum absolute atomic E-state index is 11.2. The van der Waals surface area contributed by atoms with Crippen molar-refractivity contribution < 1.29 is 9.90 Å². The van der Waals surface area contributed by atoms with E-state index in [0.717, 1.165) is 17.0 Å². The molecule has 0 radical (unpaired) electrons. The Balaban J connectivity index is 2.25. The molecule has 1 heterocycles. The molecule has 5 nitrogen and oxygen atoms in total. The largest absolute Gasteiger partial charge is 0.478 e. The van der Waals surface area contributed by atoms with E-state index in [0.29, 0.717) is 17.3 Å². The van der Waals surface area contributed by atoms with Gasteiger partial charge in [0.1, 0.15) is 0 Å². The average molecular weight is 294 g/mol. The third-order valence-corrected chi connectivity index (χ3v) is 3.56. The van der Waals surface area contributed by atoms with E-state index in [1.165, 1.54) is 6.07 Å². The van der Waals surface area contributed by atoms with Gasteiger partial charge in [-0.15, -0.1) is 0 Å². The summed E-state index contributed by atoms with van der Waals surface area (Å²) in [6.07, 6.45) is 0. The fourth-order valence-corrected chi connectivity index (χ4v) is 2.28. The van der Waals surface area contributed by atoms with E-state index in [4.69, 9.17) is 11.6 Å². The average Bonchev–Trinajstić information content (AvgIpc) is 2.62. The quantitative estimate of drug-likeness (QED) is 0.909. The van der Waals surface area contributed by atoms with E-state index < -0.39 is 5.97 Å². The van der Waals surface area contributed by atoms with Crippen molar-refractivity contribution in [2.75, 3.05) is 5.32 Å². The minimum atomic E-state index is -1.00. The summed E-state index contributed by atoms with van der Waals surface area (Å²) in [5.41, 5.74) is 3.77. The lowest BCUT2D eigenvalue weighted by Gasteiger charge is -2.10. The van der Waals surface area contributed by atoms with Gasteiger partial charge in [-0.1, -0.05) is 11.6 Å². The minimum absolute atomic E-state index is 0.164. The number of nitrogens with one attached hydrogen (secondary N) is 1. The van der Waals surface area contributed by atoms with Gasteiger partial charge >= 0.3 is 5.97 Å². The van der Waals surface area contributed by atoms with Crippen LogP contribution in [-0.2, 0) is 13.6 Å². The maximum atomic E-state index is 11.2. The Morgan fingerprint density at radius 3 is 2.70 bits per heavy atom. The van der Waals surface area contributed by atoms with E-state index in [1.807, 2.05) is 25.6 Å². The predicted octanol–water partition coefficient (Wildman–Crippen LogP) is 3.00. The first-order chi connectivity index (χ1) is 9.40. The first kappa shape index (κ1) is 14.4. The molecular weight excluding hydrogens is 278 g/mol. The van der Waals surface area contributed by atoms with Crippen molar-refractivity contribution in [2.45, 2.75) is 20.4 Å². The molecular formula is C14H16ClN3O2. The molecule has 0 unspecified atom stereocenters. The highest BCUT2D eigenvalue weighted by Crippen LogP contribution is 2.22. The van der Waals surface area contributed by atoms with Gasteiger partial charge in [0.15, 0.2) is 0 Å². The third kappa shape index (κ3) is 2.77. The van der Waals surface area contributed by atoms with Crippen molar-refractivity contribution in [3.63, 3.8) is 0 Å². The van der Waals surface area contributed by atoms with Crippen LogP contribution in [0.25, 0.3) is 0 Å². The van der Waals surface area contributed by atoms with Gasteiger partial charge in [-0.25, -0.2) is 4.79 Å². The smallest absolute Gasteiger partial charge is 0.337 e. The van der Waals surface area contributed by atoms with Gasteiger partial charge in [0.05, 0.1) is 11.3 Å². The highest BCUT2D eigenvalue weighted by Gasteiger charge is 2.13. The second kappa shape index (κ2) is 5.54. The molecule has 0 atom stereocenters. The number of benzene rings is 1. The summed E-state index contributed by atoms with van der Waals surface area (Å²) in [7, 11) is 1.89. The standard InChI is InChI=1S/C14H16ClN3O2/c1-8-12(9(2)18(3)17-8)7-16-13-5-4-10(15)6-11(13)14(19)20/h4-6,16H,7H2,1-3H3,(H,19,20). The molecule has 0 aliphatic carbocycles. The highest BCUT2D eigenvalue weighted by molar-refractivity contribution is 6.31. The molecule has 0 bridgehead atoms. The van der Waals surface area contributed by atoms with Crippen LogP contribution in [0.2, 0.25) is 5.02 Å². The molecule has 6 heteroatoms. The molecule has 2 aromatic rings. The zero-order valence-corrected chi connectivity index (χ0v) is 12.3. The highest BCUT2D eigenvalue weighted by atomic mass is 35.5. The number of hydrogen-bond donors (Lipinski definition) is 2. The maximum Gasteiger partial charge on any atom is 0.337 e. The van der Waals surface area contributed by atoms with Crippen LogP contribution < -0.4 is 5.32 Å². The number of aryl methyl sites for hydroxylation is 2. The van der Waals surface area contributed by atoms with Crippen molar-refractivity contribution in [3.8, 4) is 0 Å². The number of anilines is 1. The van der Waals surface area contributed by atoms with E-state index >= 15 is 0 Å². The summed E-state index contributed by atoms with van der Waals surface area (Å²) < 4.78 is 1.81. The zero-order valence-electron chi connectivity index (χ0n) is 11.6. The number of halogens is 1. The van der Waals surface area contributed by atoms with Crippen LogP contribution in [0.1, 0.15) is 27.3 Å². The summed E-state index contributed by atoms with van der Waals surface area (Å²) in [5.74, 6) is -1.00. The Kier molecular flexibility index (Phi) is 3.99. The van der Waals surface area contributed by atoms with Crippen LogP contribution in [0.15, 0.2) is 18.2 Å². The number of carboxylic acids is 1. The Morgan fingerprint density at radius 2 is 2.15 bits per heavy atom. The van der Waals surface area contributed by atoms with Gasteiger partial charge in [0, 0.05) is 35.6 Å². The molecule has 106 valence electrons. The molecule has 1 aromatic heterocycles. The molecule has 0 aliphatic heterocycles. The molecule has 2 N–H and O–H groups in total. The molecule has 0 amide bonds. The van der Waals surface area contributed by atoms with Gasteiger partial charge in [-0.05, 0) is 32.0 Å². The fraction of sp³-hybridized carbons (Fsp3) is 0.286. The first-order valence-corrected chi connectivity index (χ1v) is 6.53. The van der Waals surface area contributed by atoms with Crippen molar-refractivity contribution in [3.05, 3.63) is 45.7 Å². The van der Waals surface area contributed by atoms with Crippen LogP contribution in [0.3, 0.4) is 0 Å². The lowest BCUT2D eigenvalue weighted by molar-refractivity contribution is 0.0698. The number of hydrogen-bond acceptors (Lipinski definition) is 3. The molecule has 0 spiro atoms. The van der Waals surface area contributed by atoms with E-state index in [9.17, 15) is 9.90 Å². The fourth-order valence-electron chi connectivity index (χ4n) is 2.10. The van der Waals surface area contributed by atoms with Crippen LogP contribution >= 0.6 is 11.6 Å². The van der Waals surface area contributed by atoms with Crippen molar-refractivity contribution in [1.29, 1.82) is 0 Å². The van der Waals surface area contributed by atoms with Crippen molar-refractivity contribution in [2.24, 2.45) is 7.05 Å². The molecule has 2 rings (SSSR count). The van der Waals surface area contributed by atoms with E-state index in [1.54, 1.807) is 12.1 Å². The van der Waals surface area contributed by atoms with Crippen molar-refractivity contribution >= 4 is 23.3 Å². The van der Waals surface area contributed by atoms with Crippen LogP contribution in [0.5, 0.6) is 0 Å². The van der Waals surface area contributed by atoms with Gasteiger partial charge in [0.2, 0.25) is 0 Å². The summed E-state index contributed by atoms with van der Waals surface area (Å²) in [6, 6.07) is 4.78. The van der Waals surface area contributed by atoms with Gasteiger partial charge < -0.3 is 10.4 Å². The Labute approximate surface area is 122 Å². The van der Waals surface area contributed by atoms with E-state index in [2.05, 4.69) is 10.4 Å². The minimum Gasteiger partial charge on any atom is -0.478 e. The number of aromatic carboxylic acids is 1. The lowest BCUT2D eigenvalue weighted by atomic mass is 10.1. The topological polar surface area (TPSA) is 67.2 Å². The summed E-state index contributed by atoms with van der Waals surface area (Å²) in [5, 5.41) is 17.1. The second-order valence-corrected chi connectivity index (χ2v) is 5.06. The number of carboxylic acid groups (broad SMARTS) is 1. The number of rotatable bonds is 4. The number of aromatic nitrogens is 2. The molecule has 0 aliphatic rings. The third-order valence-electron chi connectivity index (χ3n) is 3.33. The van der Waals surface area contributed by atoms with Crippen LogP contribution in [-0.4, -0.2) is 20.9 Å². The monoisotopic (exact) mass is 293 g/mol. The van der Waals surface area contributed by atoms with Gasteiger partial charge in [-0.2, -0.15) is 5.10 Å². The number of nitrogens with zero attached hydrogens (tertiary/aromatic N) is 2. The Bertz CT molecular complexity index is 665. The van der Waals surface area contributed by atoms with Gasteiger partial charge in [-0.3, -0.25) is 4.68 Å². The van der Waals surface area contributed by atoms with Crippen LogP contribution in [0, 0.1) is 13.8 Å². The zero-order chi connectivity index (χ0) is 14.9. The SMILES string of the molecule is Cc1nn(C)c(C)c1CNc1ccc(Cl)cc1C(=O)O. The second-order valence-electron chi connectivity index (χ2n) is 4.62. The molecule has 1 aromatic carbocycles. The molecule has 20 heavy (non-hydrogen) atoms. The Hall–Kier alpha value is -2.01. The Morgan fingerprint density at radius 1 is 1.45 bits per heavy atom. The van der Waals surface area contributed by atoms with Crippen LogP contribution in [0.4, 0.5) is 5.69 Å². The van der Waals surface area contributed by atoms with E-state index in [-0.39, 0.29) is 5.56 Å². The first-order valence-electron chi connectivity index (χ1n) is 6.16. The predicted molar refractivity (Wildman–Crippen MR) is 78.4 cm³/mol. The molecule has 0 saturated carbocycles. The number of carbonyl (C=O) groups is 1.